The number of methoxy groups -OCH3 is 1. The Morgan fingerprint density at radius 1 is 0.886 bits per heavy atom. The molecular weight excluding hydrogens is 613 g/mol. The van der Waals surface area contributed by atoms with Crippen LogP contribution in [0.15, 0.2) is 0 Å². The quantitative estimate of drug-likeness (QED) is 0.0446. The van der Waals surface area contributed by atoms with Crippen molar-refractivity contribution >= 4 is 44.1 Å². The van der Waals surface area contributed by atoms with E-state index in [2.05, 4.69) is 49.1 Å². The topological polar surface area (TPSA) is 110 Å². The smallest absolute Gasteiger partial charge is 0.334 e. The lowest BCUT2D eigenvalue weighted by molar-refractivity contribution is -0.153. The lowest BCUT2D eigenvalue weighted by Gasteiger charge is -2.22. The molecule has 2 unspecified atom stereocenters. The van der Waals surface area contributed by atoms with Gasteiger partial charge in [-0.05, 0) is 25.4 Å². The Morgan fingerprint density at radius 3 is 1.77 bits per heavy atom. The molecular formula is C32H68O9Si3. The van der Waals surface area contributed by atoms with Crippen LogP contribution < -0.4 is 0 Å². The fourth-order valence-corrected chi connectivity index (χ4v) is 6.51. The van der Waals surface area contributed by atoms with Crippen molar-refractivity contribution in [2.45, 2.75) is 141 Å². The first-order valence-corrected chi connectivity index (χ1v) is 25.5. The van der Waals surface area contributed by atoms with Crippen LogP contribution in [0.1, 0.15) is 84.5 Å². The molecule has 0 aliphatic carbocycles. The number of cyclic esters (lactones) is 2. The molecule has 2 heterocycles. The van der Waals surface area contributed by atoms with E-state index in [9.17, 15) is 14.4 Å². The van der Waals surface area contributed by atoms with Gasteiger partial charge in [0.05, 0.1) is 32.7 Å². The fourth-order valence-electron chi connectivity index (χ4n) is 3.84. The molecule has 2 rings (SSSR count). The van der Waals surface area contributed by atoms with Crippen LogP contribution in [0.25, 0.3) is 0 Å². The molecule has 0 N–H and O–H groups in total. The van der Waals surface area contributed by atoms with E-state index < -0.39 is 28.6 Å². The average Bonchev–Trinajstić information content (AvgIpc) is 3.77. The van der Waals surface area contributed by atoms with Gasteiger partial charge in [0.25, 0.3) is 0 Å². The third-order valence-corrected chi connectivity index (χ3v) is 13.2. The van der Waals surface area contributed by atoms with Gasteiger partial charge in [-0.2, -0.15) is 0 Å². The van der Waals surface area contributed by atoms with Crippen molar-refractivity contribution in [1.29, 1.82) is 0 Å². The van der Waals surface area contributed by atoms with Crippen molar-refractivity contribution in [1.82, 2.24) is 0 Å². The number of carbonyl (C=O) groups is 3. The molecule has 44 heavy (non-hydrogen) atoms. The zero-order valence-electron chi connectivity index (χ0n) is 30.1. The predicted molar refractivity (Wildman–Crippen MR) is 187 cm³/mol. The maximum atomic E-state index is 10.9. The number of unbranched alkanes of at least 4 members (excludes halogenated alkanes) is 7. The molecule has 0 saturated carbocycles. The minimum absolute atomic E-state index is 0.0682. The van der Waals surface area contributed by atoms with Crippen LogP contribution in [-0.4, -0.2) is 91.3 Å². The van der Waals surface area contributed by atoms with Gasteiger partial charge in [-0.15, -0.1) is 0 Å². The van der Waals surface area contributed by atoms with E-state index in [0.717, 1.165) is 38.7 Å². The summed E-state index contributed by atoms with van der Waals surface area (Å²) in [6.45, 7) is 18.0. The number of epoxide rings is 1. The minimum atomic E-state index is -1.87. The maximum Gasteiger partial charge on any atom is 0.334 e. The Balaban J connectivity index is 0. The number of hydrogen-bond donors (Lipinski definition) is 0. The first kappa shape index (κ1) is 45.2. The Bertz CT molecular complexity index is 722. The van der Waals surface area contributed by atoms with E-state index in [1.54, 1.807) is 21.1 Å². The molecule has 12 heteroatoms. The van der Waals surface area contributed by atoms with Gasteiger partial charge in [0.2, 0.25) is 0 Å². The van der Waals surface area contributed by atoms with Crippen LogP contribution in [-0.2, 0) is 42.2 Å². The highest BCUT2D eigenvalue weighted by Gasteiger charge is 2.29. The second-order valence-corrected chi connectivity index (χ2v) is 24.2. The summed E-state index contributed by atoms with van der Waals surface area (Å²) in [4.78, 5) is 31.4. The summed E-state index contributed by atoms with van der Waals surface area (Å²) in [7, 11) is 2.65. The summed E-state index contributed by atoms with van der Waals surface area (Å²) in [6, 6.07) is 3.91. The van der Waals surface area contributed by atoms with Crippen LogP contribution in [0, 0.1) is 5.92 Å². The van der Waals surface area contributed by atoms with Crippen LogP contribution in [0.3, 0.4) is 0 Å². The molecule has 9 nitrogen and oxygen atoms in total. The van der Waals surface area contributed by atoms with E-state index in [4.69, 9.17) is 18.3 Å². The molecule has 2 atom stereocenters. The van der Waals surface area contributed by atoms with E-state index in [1.807, 2.05) is 0 Å². The van der Waals surface area contributed by atoms with Gasteiger partial charge in [-0.1, -0.05) is 97.1 Å². The first-order chi connectivity index (χ1) is 20.8. The molecule has 0 bridgehead atoms. The molecule has 2 aliphatic heterocycles. The van der Waals surface area contributed by atoms with E-state index in [0.29, 0.717) is 22.0 Å². The molecule has 0 aromatic carbocycles. The number of rotatable bonds is 20. The molecule has 0 amide bonds. The maximum absolute atomic E-state index is 10.9. The van der Waals surface area contributed by atoms with Crippen molar-refractivity contribution in [2.24, 2.45) is 5.92 Å². The van der Waals surface area contributed by atoms with Gasteiger partial charge >= 0.3 is 26.5 Å². The number of carbonyl (C=O) groups excluding carboxylic acids is 3. The van der Waals surface area contributed by atoms with Crippen LogP contribution in [0.2, 0.25) is 50.9 Å². The summed E-state index contributed by atoms with van der Waals surface area (Å²) in [5, 5.41) is 0. The molecule has 2 aliphatic rings. The van der Waals surface area contributed by atoms with Gasteiger partial charge < -0.3 is 27.8 Å². The van der Waals surface area contributed by atoms with Crippen molar-refractivity contribution in [3.05, 3.63) is 0 Å². The average molecular weight is 681 g/mol. The van der Waals surface area contributed by atoms with Crippen molar-refractivity contribution in [3.63, 3.8) is 0 Å². The summed E-state index contributed by atoms with van der Waals surface area (Å²) in [5.74, 6) is -1.08. The Kier molecular flexibility index (Phi) is 29.1. The summed E-state index contributed by atoms with van der Waals surface area (Å²) < 4.78 is 30.0. The third-order valence-electron chi connectivity index (χ3n) is 7.36. The zero-order chi connectivity index (χ0) is 33.9. The Labute approximate surface area is 274 Å². The summed E-state index contributed by atoms with van der Waals surface area (Å²) >= 11 is 0. The fraction of sp³-hybridized carbons (Fsp3) is 0.906. The minimum Gasteiger partial charge on any atom is -0.469 e. The van der Waals surface area contributed by atoms with Gasteiger partial charge in [-0.3, -0.25) is 14.4 Å². The van der Waals surface area contributed by atoms with Crippen LogP contribution >= 0.6 is 0 Å². The molecule has 2 saturated heterocycles. The standard InChI is InChI=1S/C15H32O2Si.C9H20O4Si.C5H6O3.C3H10Si/c1-17-15(16)13-11-9-7-5-6-8-10-12-14-18(2,3)4;1-10-14(3,11-2)6-4-5-12-7-9-8-13-9;1-3-2-4(6)8-5(3)7;1-3-4-2/h5-14H2,1-4H3;9H,4-8H2,1-3H3;3H,2H2,1H3;3-4H2,1-2H3. The second kappa shape index (κ2) is 28.3. The summed E-state index contributed by atoms with van der Waals surface area (Å²) in [5.41, 5.74) is 0. The van der Waals surface area contributed by atoms with Crippen LogP contribution in [0.5, 0.6) is 0 Å². The van der Waals surface area contributed by atoms with E-state index in [1.165, 1.54) is 64.1 Å². The molecule has 0 spiro atoms. The van der Waals surface area contributed by atoms with E-state index in [-0.39, 0.29) is 18.3 Å². The lowest BCUT2D eigenvalue weighted by Crippen LogP contribution is -2.36. The SMILES string of the molecule is CC1CC(=O)OC1=O.CC[SiH2]C.COC(=O)CCCCCCCCCC[Si](C)(C)C.CO[Si](C)(CCCOCC1CO1)OC. The molecule has 0 radical (unpaired) electrons. The van der Waals surface area contributed by atoms with E-state index >= 15 is 0 Å². The largest absolute Gasteiger partial charge is 0.469 e. The number of esters is 3. The van der Waals surface area contributed by atoms with Gasteiger partial charge in [0, 0.05) is 44.8 Å². The highest BCUT2D eigenvalue weighted by molar-refractivity contribution is 6.76. The Hall–Kier alpha value is -0.899. The monoisotopic (exact) mass is 680 g/mol. The molecule has 0 aromatic heterocycles. The van der Waals surface area contributed by atoms with Crippen molar-refractivity contribution in [2.75, 3.05) is 41.2 Å². The summed E-state index contributed by atoms with van der Waals surface area (Å²) in [6.07, 6.45) is 12.5. The first-order valence-electron chi connectivity index (χ1n) is 16.9. The second-order valence-electron chi connectivity index (χ2n) is 13.0. The highest BCUT2D eigenvalue weighted by Crippen LogP contribution is 2.17. The zero-order valence-corrected chi connectivity index (χ0v) is 33.5. The van der Waals surface area contributed by atoms with Gasteiger partial charge in [0.1, 0.15) is 6.10 Å². The highest BCUT2D eigenvalue weighted by atomic mass is 28.4. The predicted octanol–water partition coefficient (Wildman–Crippen LogP) is 6.90. The molecule has 262 valence electrons. The van der Waals surface area contributed by atoms with Gasteiger partial charge in [-0.25, -0.2) is 0 Å². The Morgan fingerprint density at radius 2 is 1.41 bits per heavy atom. The molecule has 0 aromatic rings. The van der Waals surface area contributed by atoms with Crippen molar-refractivity contribution < 1.29 is 42.2 Å². The lowest BCUT2D eigenvalue weighted by atomic mass is 10.1. The molecule has 2 fully saturated rings. The third kappa shape index (κ3) is 31.1. The van der Waals surface area contributed by atoms with Crippen molar-refractivity contribution in [3.8, 4) is 0 Å². The van der Waals surface area contributed by atoms with Gasteiger partial charge in [0.15, 0.2) is 0 Å². The number of hydrogen-bond acceptors (Lipinski definition) is 9. The van der Waals surface area contributed by atoms with Crippen LogP contribution in [0.4, 0.5) is 0 Å². The number of ether oxygens (including phenoxy) is 4. The normalized spacial score (nSPS) is 17.6.